The molecule has 1 aromatic heterocycles. The molecule has 0 aliphatic carbocycles. The topological polar surface area (TPSA) is 29.1 Å². The average molecular weight is 245 g/mol. The Balaban J connectivity index is 1.87. The van der Waals surface area contributed by atoms with Crippen molar-refractivity contribution in [3.05, 3.63) is 35.2 Å². The lowest BCUT2D eigenvalue weighted by atomic mass is 9.91. The smallest absolute Gasteiger partial charge is 0.138 e. The van der Waals surface area contributed by atoms with Crippen LogP contribution in [0, 0.1) is 5.92 Å². The molecule has 0 spiro atoms. The van der Waals surface area contributed by atoms with E-state index in [9.17, 15) is 4.79 Å². The van der Waals surface area contributed by atoms with Gasteiger partial charge in [-0.15, -0.1) is 11.3 Å². The molecule has 0 amide bonds. The lowest BCUT2D eigenvalue weighted by Crippen LogP contribution is -2.37. The zero-order valence-corrected chi connectivity index (χ0v) is 10.4. The lowest BCUT2D eigenvalue weighted by molar-refractivity contribution is -0.123. The van der Waals surface area contributed by atoms with Crippen LogP contribution >= 0.6 is 11.3 Å². The van der Waals surface area contributed by atoms with E-state index in [2.05, 4.69) is 35.0 Å². The number of Topliss-reactive ketones (excluding diaryl/α,β-unsaturated/α-hetero) is 1. The monoisotopic (exact) mass is 245 g/mol. The van der Waals surface area contributed by atoms with Crippen LogP contribution in [0.1, 0.15) is 12.0 Å². The molecule has 2 heterocycles. The number of piperidine rings is 1. The Morgan fingerprint density at radius 2 is 2.24 bits per heavy atom. The molecular formula is C14H15NOS. The molecule has 0 bridgehead atoms. The van der Waals surface area contributed by atoms with Crippen molar-refractivity contribution in [2.24, 2.45) is 5.92 Å². The van der Waals surface area contributed by atoms with Crippen LogP contribution in [-0.2, 0) is 11.2 Å². The Bertz CT molecular complexity index is 546. The van der Waals surface area contributed by atoms with Gasteiger partial charge in [-0.05, 0) is 28.8 Å². The van der Waals surface area contributed by atoms with Gasteiger partial charge in [-0.3, -0.25) is 4.79 Å². The molecule has 1 atom stereocenters. The van der Waals surface area contributed by atoms with Crippen molar-refractivity contribution in [2.75, 3.05) is 13.1 Å². The number of thiophene rings is 1. The number of hydrogen-bond acceptors (Lipinski definition) is 3. The second-order valence-corrected chi connectivity index (χ2v) is 5.49. The second kappa shape index (κ2) is 4.59. The maximum atomic E-state index is 11.8. The zero-order valence-electron chi connectivity index (χ0n) is 9.61. The molecule has 88 valence electrons. The summed E-state index contributed by atoms with van der Waals surface area (Å²) in [6, 6.07) is 8.43. The summed E-state index contributed by atoms with van der Waals surface area (Å²) in [5.41, 5.74) is 1.33. The molecule has 0 saturated carbocycles. The summed E-state index contributed by atoms with van der Waals surface area (Å²) in [6.45, 7) is 1.68. The number of hydrogen-bond donors (Lipinski definition) is 1. The van der Waals surface area contributed by atoms with Crippen LogP contribution in [0.4, 0.5) is 0 Å². The fourth-order valence-electron chi connectivity index (χ4n) is 2.45. The Labute approximate surface area is 105 Å². The summed E-state index contributed by atoms with van der Waals surface area (Å²) in [6.07, 6.45) is 1.57. The molecule has 3 rings (SSSR count). The van der Waals surface area contributed by atoms with Crippen LogP contribution in [-0.4, -0.2) is 18.9 Å². The maximum Gasteiger partial charge on any atom is 0.138 e. The predicted molar refractivity (Wildman–Crippen MR) is 71.5 cm³/mol. The number of rotatable bonds is 2. The minimum Gasteiger partial charge on any atom is -0.316 e. The van der Waals surface area contributed by atoms with Crippen LogP contribution in [0.25, 0.3) is 10.1 Å². The number of fused-ring (bicyclic) bond motifs is 1. The van der Waals surface area contributed by atoms with E-state index in [1.165, 1.54) is 15.6 Å². The molecule has 1 aromatic carbocycles. The van der Waals surface area contributed by atoms with Gasteiger partial charge < -0.3 is 5.32 Å². The summed E-state index contributed by atoms with van der Waals surface area (Å²) in [5, 5.41) is 6.82. The minimum absolute atomic E-state index is 0.168. The van der Waals surface area contributed by atoms with Crippen molar-refractivity contribution in [1.29, 1.82) is 0 Å². The average Bonchev–Trinajstić information content (AvgIpc) is 2.76. The fraction of sp³-hybridized carbons (Fsp3) is 0.357. The van der Waals surface area contributed by atoms with E-state index in [1.54, 1.807) is 11.3 Å². The largest absolute Gasteiger partial charge is 0.316 e. The minimum atomic E-state index is 0.168. The molecular weight excluding hydrogens is 230 g/mol. The maximum absolute atomic E-state index is 11.8. The van der Waals surface area contributed by atoms with E-state index in [0.29, 0.717) is 12.2 Å². The third kappa shape index (κ3) is 2.13. The number of carbonyl (C=O) groups is 1. The summed E-state index contributed by atoms with van der Waals surface area (Å²) >= 11 is 1.77. The van der Waals surface area contributed by atoms with Gasteiger partial charge in [0.05, 0.1) is 0 Å². The van der Waals surface area contributed by atoms with E-state index < -0.39 is 0 Å². The molecule has 1 saturated heterocycles. The molecule has 1 aliphatic heterocycles. The summed E-state index contributed by atoms with van der Waals surface area (Å²) in [4.78, 5) is 11.8. The first kappa shape index (κ1) is 10.9. The van der Waals surface area contributed by atoms with Crippen molar-refractivity contribution in [2.45, 2.75) is 12.8 Å². The van der Waals surface area contributed by atoms with E-state index in [-0.39, 0.29) is 5.92 Å². The number of carbonyl (C=O) groups excluding carboxylic acids is 1. The highest BCUT2D eigenvalue weighted by Gasteiger charge is 2.22. The van der Waals surface area contributed by atoms with Crippen molar-refractivity contribution in [1.82, 2.24) is 5.32 Å². The van der Waals surface area contributed by atoms with Gasteiger partial charge in [-0.1, -0.05) is 18.2 Å². The third-order valence-corrected chi connectivity index (χ3v) is 4.43. The zero-order chi connectivity index (χ0) is 11.7. The normalized spacial score (nSPS) is 20.9. The van der Waals surface area contributed by atoms with E-state index in [1.807, 2.05) is 0 Å². The Morgan fingerprint density at radius 3 is 3.12 bits per heavy atom. The first-order valence-electron chi connectivity index (χ1n) is 6.03. The number of ketones is 1. The van der Waals surface area contributed by atoms with Gasteiger partial charge in [0, 0.05) is 30.1 Å². The lowest BCUT2D eigenvalue weighted by Gasteiger charge is -2.21. The number of nitrogens with one attached hydrogen (secondary N) is 1. The molecule has 0 radical (unpaired) electrons. The molecule has 3 heteroatoms. The highest BCUT2D eigenvalue weighted by molar-refractivity contribution is 7.17. The Kier molecular flexibility index (Phi) is 2.95. The highest BCUT2D eigenvalue weighted by Crippen LogP contribution is 2.28. The molecule has 1 aliphatic rings. The second-order valence-electron chi connectivity index (χ2n) is 4.58. The predicted octanol–water partition coefficient (Wildman–Crippen LogP) is 2.62. The van der Waals surface area contributed by atoms with E-state index >= 15 is 0 Å². The van der Waals surface area contributed by atoms with Crippen molar-refractivity contribution >= 4 is 27.2 Å². The summed E-state index contributed by atoms with van der Waals surface area (Å²) in [5.74, 6) is 0.584. The van der Waals surface area contributed by atoms with Gasteiger partial charge >= 0.3 is 0 Å². The molecule has 1 fully saturated rings. The molecule has 2 nitrogen and oxygen atoms in total. The van der Waals surface area contributed by atoms with Gasteiger partial charge in [-0.2, -0.15) is 0 Å². The van der Waals surface area contributed by atoms with Crippen LogP contribution in [0.3, 0.4) is 0 Å². The van der Waals surface area contributed by atoms with Crippen LogP contribution < -0.4 is 5.32 Å². The van der Waals surface area contributed by atoms with Gasteiger partial charge in [0.2, 0.25) is 0 Å². The van der Waals surface area contributed by atoms with Crippen LogP contribution in [0.5, 0.6) is 0 Å². The highest BCUT2D eigenvalue weighted by atomic mass is 32.1. The Hall–Kier alpha value is -1.19. The SMILES string of the molecule is O=C1CCNCC1Cc1csc2ccccc12. The molecule has 2 aromatic rings. The first-order valence-corrected chi connectivity index (χ1v) is 6.91. The quantitative estimate of drug-likeness (QED) is 0.881. The van der Waals surface area contributed by atoms with E-state index in [4.69, 9.17) is 0 Å². The molecule has 1 N–H and O–H groups in total. The summed E-state index contributed by atoms with van der Waals surface area (Å²) < 4.78 is 1.32. The standard InChI is InChI=1S/C14H15NOS/c16-13-5-6-15-8-10(13)7-11-9-17-14-4-2-1-3-12(11)14/h1-4,9-10,15H,5-8H2. The van der Waals surface area contributed by atoms with Crippen molar-refractivity contribution in [3.8, 4) is 0 Å². The van der Waals surface area contributed by atoms with Crippen molar-refractivity contribution < 1.29 is 4.79 Å². The Morgan fingerprint density at radius 1 is 1.35 bits per heavy atom. The van der Waals surface area contributed by atoms with Crippen LogP contribution in [0.15, 0.2) is 29.6 Å². The van der Waals surface area contributed by atoms with Crippen molar-refractivity contribution in [3.63, 3.8) is 0 Å². The third-order valence-electron chi connectivity index (χ3n) is 3.42. The van der Waals surface area contributed by atoms with Gasteiger partial charge in [0.15, 0.2) is 0 Å². The molecule has 17 heavy (non-hydrogen) atoms. The van der Waals surface area contributed by atoms with Gasteiger partial charge in [-0.25, -0.2) is 0 Å². The fourth-order valence-corrected chi connectivity index (χ4v) is 3.42. The van der Waals surface area contributed by atoms with Gasteiger partial charge in [0.1, 0.15) is 5.78 Å². The van der Waals surface area contributed by atoms with Gasteiger partial charge in [0.25, 0.3) is 0 Å². The van der Waals surface area contributed by atoms with Crippen LogP contribution in [0.2, 0.25) is 0 Å². The van der Waals surface area contributed by atoms with E-state index in [0.717, 1.165) is 19.5 Å². The number of benzene rings is 1. The first-order chi connectivity index (χ1) is 8.34. The summed E-state index contributed by atoms with van der Waals surface area (Å²) in [7, 11) is 0. The molecule has 1 unspecified atom stereocenters.